The van der Waals surface area contributed by atoms with Crippen molar-refractivity contribution in [3.8, 4) is 0 Å². The molecule has 0 spiro atoms. The molecule has 7 heteroatoms. The molecule has 0 saturated heterocycles. The maximum atomic E-state index is 12.9. The van der Waals surface area contributed by atoms with E-state index in [9.17, 15) is 18.0 Å². The van der Waals surface area contributed by atoms with Gasteiger partial charge in [-0.2, -0.15) is 13.2 Å². The molecular weight excluding hydrogens is 371 g/mol. The Morgan fingerprint density at radius 1 is 1.10 bits per heavy atom. The van der Waals surface area contributed by atoms with Gasteiger partial charge in [0.15, 0.2) is 0 Å². The zero-order valence-electron chi connectivity index (χ0n) is 10.3. The predicted molar refractivity (Wildman–Crippen MR) is 78.5 cm³/mol. The van der Waals surface area contributed by atoms with E-state index >= 15 is 0 Å². The average molecular weight is 379 g/mol. The van der Waals surface area contributed by atoms with Gasteiger partial charge in [-0.05, 0) is 40.2 Å². The fraction of sp³-hybridized carbons (Fsp3) is 0.0714. The van der Waals surface area contributed by atoms with Gasteiger partial charge in [-0.15, -0.1) is 0 Å². The minimum absolute atomic E-state index is 0.0861. The molecule has 0 saturated carbocycles. The van der Waals surface area contributed by atoms with E-state index in [2.05, 4.69) is 21.2 Å². The maximum absolute atomic E-state index is 12.9. The summed E-state index contributed by atoms with van der Waals surface area (Å²) in [5.74, 6) is -0.710. The summed E-state index contributed by atoms with van der Waals surface area (Å²) in [5.41, 5.74) is -1.14. The number of para-hydroxylation sites is 1. The van der Waals surface area contributed by atoms with Crippen molar-refractivity contribution in [3.05, 3.63) is 63.1 Å². The fourth-order valence-corrected chi connectivity index (χ4v) is 2.29. The highest BCUT2D eigenvalue weighted by Gasteiger charge is 2.33. The van der Waals surface area contributed by atoms with E-state index in [-0.39, 0.29) is 16.3 Å². The smallest absolute Gasteiger partial charge is 0.321 e. The maximum Gasteiger partial charge on any atom is 0.418 e. The molecule has 0 fully saturated rings. The molecule has 1 amide bonds. The lowest BCUT2D eigenvalue weighted by Crippen LogP contribution is -2.17. The molecule has 110 valence electrons. The molecule has 2 aromatic carbocycles. The quantitative estimate of drug-likeness (QED) is 0.747. The minimum atomic E-state index is -4.55. The third-order valence-electron chi connectivity index (χ3n) is 2.68. The summed E-state index contributed by atoms with van der Waals surface area (Å²) in [5, 5.41) is 2.38. The summed E-state index contributed by atoms with van der Waals surface area (Å²) < 4.78 is 39.1. The molecule has 0 radical (unpaired) electrons. The van der Waals surface area contributed by atoms with Gasteiger partial charge in [0.2, 0.25) is 0 Å². The van der Waals surface area contributed by atoms with Crippen LogP contribution in [0.5, 0.6) is 0 Å². The number of alkyl halides is 3. The van der Waals surface area contributed by atoms with Crippen molar-refractivity contribution >= 4 is 39.1 Å². The molecule has 0 aliphatic heterocycles. The van der Waals surface area contributed by atoms with Crippen molar-refractivity contribution in [1.82, 2.24) is 0 Å². The van der Waals surface area contributed by atoms with Crippen molar-refractivity contribution in [3.63, 3.8) is 0 Å². The highest BCUT2D eigenvalue weighted by atomic mass is 79.9. The zero-order chi connectivity index (χ0) is 15.6. The number of rotatable bonds is 2. The Bertz CT molecular complexity index is 688. The van der Waals surface area contributed by atoms with Crippen LogP contribution in [0.25, 0.3) is 0 Å². The van der Waals surface area contributed by atoms with Crippen molar-refractivity contribution in [2.75, 3.05) is 5.32 Å². The van der Waals surface area contributed by atoms with Crippen LogP contribution in [0.2, 0.25) is 5.02 Å². The van der Waals surface area contributed by atoms with E-state index in [0.29, 0.717) is 4.47 Å². The van der Waals surface area contributed by atoms with Gasteiger partial charge >= 0.3 is 6.18 Å². The third kappa shape index (κ3) is 3.57. The van der Waals surface area contributed by atoms with Crippen LogP contribution < -0.4 is 5.32 Å². The molecule has 0 heterocycles. The average Bonchev–Trinajstić information content (AvgIpc) is 2.41. The first-order valence-corrected chi connectivity index (χ1v) is 6.89. The Kier molecular flexibility index (Phi) is 4.58. The minimum Gasteiger partial charge on any atom is -0.321 e. The topological polar surface area (TPSA) is 29.1 Å². The van der Waals surface area contributed by atoms with Crippen molar-refractivity contribution < 1.29 is 18.0 Å². The number of carbonyl (C=O) groups is 1. The van der Waals surface area contributed by atoms with Crippen LogP contribution in [0.4, 0.5) is 18.9 Å². The first kappa shape index (κ1) is 15.9. The van der Waals surface area contributed by atoms with Gasteiger partial charge in [0, 0.05) is 4.47 Å². The van der Waals surface area contributed by atoms with E-state index in [1.165, 1.54) is 24.3 Å². The van der Waals surface area contributed by atoms with Gasteiger partial charge in [-0.25, -0.2) is 0 Å². The van der Waals surface area contributed by atoms with Gasteiger partial charge < -0.3 is 5.32 Å². The largest absolute Gasteiger partial charge is 0.418 e. The second-order valence-corrected chi connectivity index (χ2v) is 5.33. The normalized spacial score (nSPS) is 11.3. The molecule has 0 bridgehead atoms. The van der Waals surface area contributed by atoms with Gasteiger partial charge in [0.1, 0.15) is 0 Å². The highest BCUT2D eigenvalue weighted by Crippen LogP contribution is 2.35. The molecular formula is C14H8BrClF3NO. The molecule has 21 heavy (non-hydrogen) atoms. The molecule has 2 rings (SSSR count). The lowest BCUT2D eigenvalue weighted by Gasteiger charge is -2.14. The van der Waals surface area contributed by atoms with Gasteiger partial charge in [0.05, 0.1) is 21.8 Å². The Morgan fingerprint density at radius 3 is 2.43 bits per heavy atom. The molecule has 0 atom stereocenters. The Morgan fingerprint density at radius 2 is 1.76 bits per heavy atom. The summed E-state index contributed by atoms with van der Waals surface area (Å²) in [7, 11) is 0. The van der Waals surface area contributed by atoms with E-state index in [0.717, 1.165) is 6.07 Å². The number of hydrogen-bond acceptors (Lipinski definition) is 1. The molecule has 0 unspecified atom stereocenters. The predicted octanol–water partition coefficient (Wildman–Crippen LogP) is 5.37. The standard InChI is InChI=1S/C14H8BrClF3NO/c15-10-6-3-4-8(12(10)16)13(21)20-11-7-2-1-5-9(11)14(17,18)19/h1-7H,(H,20,21). The first-order chi connectivity index (χ1) is 9.80. The van der Waals surface area contributed by atoms with Crippen LogP contribution in [0.3, 0.4) is 0 Å². The number of anilines is 1. The van der Waals surface area contributed by atoms with Crippen molar-refractivity contribution in [2.24, 2.45) is 0 Å². The number of hydrogen-bond donors (Lipinski definition) is 1. The van der Waals surface area contributed by atoms with E-state index in [1.54, 1.807) is 12.1 Å². The lowest BCUT2D eigenvalue weighted by molar-refractivity contribution is -0.136. The summed E-state index contributed by atoms with van der Waals surface area (Å²) >= 11 is 9.11. The van der Waals surface area contributed by atoms with Crippen LogP contribution >= 0.6 is 27.5 Å². The van der Waals surface area contributed by atoms with Gasteiger partial charge in [-0.1, -0.05) is 29.8 Å². The number of carbonyl (C=O) groups excluding carboxylic acids is 1. The first-order valence-electron chi connectivity index (χ1n) is 5.72. The van der Waals surface area contributed by atoms with Crippen LogP contribution in [0, 0.1) is 0 Å². The Balaban J connectivity index is 2.35. The number of halogens is 5. The van der Waals surface area contributed by atoms with Gasteiger partial charge in [0.25, 0.3) is 5.91 Å². The number of benzene rings is 2. The SMILES string of the molecule is O=C(Nc1ccccc1C(F)(F)F)c1cccc(Br)c1Cl. The van der Waals surface area contributed by atoms with Crippen LogP contribution in [-0.4, -0.2) is 5.91 Å². The van der Waals surface area contributed by atoms with Crippen LogP contribution in [0.15, 0.2) is 46.9 Å². The third-order valence-corrected chi connectivity index (χ3v) is 3.97. The Labute approximate surface area is 132 Å². The van der Waals surface area contributed by atoms with Gasteiger partial charge in [-0.3, -0.25) is 4.79 Å². The number of amides is 1. The molecule has 0 aliphatic rings. The molecule has 2 nitrogen and oxygen atoms in total. The molecule has 2 aromatic rings. The van der Waals surface area contributed by atoms with Crippen LogP contribution in [0.1, 0.15) is 15.9 Å². The summed E-state index contributed by atoms with van der Waals surface area (Å²) in [6.07, 6.45) is -4.55. The van der Waals surface area contributed by atoms with E-state index < -0.39 is 17.6 Å². The highest BCUT2D eigenvalue weighted by molar-refractivity contribution is 9.10. The molecule has 0 aromatic heterocycles. The van der Waals surface area contributed by atoms with Crippen molar-refractivity contribution in [1.29, 1.82) is 0 Å². The van der Waals surface area contributed by atoms with E-state index in [1.807, 2.05) is 0 Å². The Hall–Kier alpha value is -1.53. The molecule has 1 N–H and O–H groups in total. The second kappa shape index (κ2) is 6.07. The second-order valence-electron chi connectivity index (χ2n) is 4.10. The summed E-state index contributed by atoms with van der Waals surface area (Å²) in [4.78, 5) is 12.1. The fourth-order valence-electron chi connectivity index (χ4n) is 1.71. The summed E-state index contributed by atoms with van der Waals surface area (Å²) in [6.45, 7) is 0. The lowest BCUT2D eigenvalue weighted by atomic mass is 10.1. The van der Waals surface area contributed by atoms with Crippen molar-refractivity contribution in [2.45, 2.75) is 6.18 Å². The zero-order valence-corrected chi connectivity index (χ0v) is 12.7. The van der Waals surface area contributed by atoms with Crippen LogP contribution in [-0.2, 0) is 6.18 Å². The molecule has 0 aliphatic carbocycles. The van der Waals surface area contributed by atoms with E-state index in [4.69, 9.17) is 11.6 Å². The number of nitrogens with one attached hydrogen (secondary N) is 1. The monoisotopic (exact) mass is 377 g/mol. The summed E-state index contributed by atoms with van der Waals surface area (Å²) in [6, 6.07) is 9.38.